The fourth-order valence-electron chi connectivity index (χ4n) is 3.29. The van der Waals surface area contributed by atoms with Gasteiger partial charge in [0.1, 0.15) is 0 Å². The van der Waals surface area contributed by atoms with E-state index >= 15 is 0 Å². The molecule has 0 spiro atoms. The number of pyridine rings is 1. The number of nitrogens with zero attached hydrogens (tertiary/aromatic N) is 1. The summed E-state index contributed by atoms with van der Waals surface area (Å²) in [5.74, 6) is 0.548. The van der Waals surface area contributed by atoms with Crippen LogP contribution in [0, 0.1) is 6.92 Å². The molecule has 3 rings (SSSR count). The zero-order valence-corrected chi connectivity index (χ0v) is 11.8. The van der Waals surface area contributed by atoms with E-state index in [0.717, 1.165) is 28.5 Å². The SMILES string of the molecule is Cc1ccncc1-c1cccc(C2CCCC2)c1C=O. The molecule has 1 heterocycles. The monoisotopic (exact) mass is 265 g/mol. The van der Waals surface area contributed by atoms with E-state index in [1.54, 1.807) is 6.20 Å². The van der Waals surface area contributed by atoms with Crippen molar-refractivity contribution in [1.29, 1.82) is 0 Å². The summed E-state index contributed by atoms with van der Waals surface area (Å²) in [5, 5.41) is 0. The van der Waals surface area contributed by atoms with Crippen LogP contribution in [0.15, 0.2) is 36.7 Å². The van der Waals surface area contributed by atoms with Crippen molar-refractivity contribution in [1.82, 2.24) is 4.98 Å². The highest BCUT2D eigenvalue weighted by molar-refractivity contribution is 5.90. The number of aryl methyl sites for hydroxylation is 1. The second kappa shape index (κ2) is 5.58. The summed E-state index contributed by atoms with van der Waals surface area (Å²) in [6.07, 6.45) is 9.64. The van der Waals surface area contributed by atoms with Gasteiger partial charge in [0, 0.05) is 23.5 Å². The number of carbonyl (C=O) groups is 1. The Kier molecular flexibility index (Phi) is 3.64. The van der Waals surface area contributed by atoms with E-state index in [0.29, 0.717) is 5.92 Å². The van der Waals surface area contributed by atoms with Crippen LogP contribution in [0.3, 0.4) is 0 Å². The van der Waals surface area contributed by atoms with Crippen LogP contribution in [-0.4, -0.2) is 11.3 Å². The number of hydrogen-bond donors (Lipinski definition) is 0. The summed E-state index contributed by atoms with van der Waals surface area (Å²) in [4.78, 5) is 15.9. The Hall–Kier alpha value is -1.96. The number of aromatic nitrogens is 1. The highest BCUT2D eigenvalue weighted by Crippen LogP contribution is 2.38. The van der Waals surface area contributed by atoms with Crippen LogP contribution < -0.4 is 0 Å². The molecule has 2 nitrogen and oxygen atoms in total. The molecule has 0 bridgehead atoms. The third kappa shape index (κ3) is 2.26. The van der Waals surface area contributed by atoms with Gasteiger partial charge in [-0.15, -0.1) is 0 Å². The number of rotatable bonds is 3. The van der Waals surface area contributed by atoms with Crippen LogP contribution in [0.1, 0.15) is 53.1 Å². The molecular weight excluding hydrogens is 246 g/mol. The second-order valence-corrected chi connectivity index (χ2v) is 5.60. The Morgan fingerprint density at radius 3 is 2.65 bits per heavy atom. The zero-order chi connectivity index (χ0) is 13.9. The maximum absolute atomic E-state index is 11.7. The van der Waals surface area contributed by atoms with Crippen molar-refractivity contribution in [2.75, 3.05) is 0 Å². The van der Waals surface area contributed by atoms with Crippen molar-refractivity contribution in [3.05, 3.63) is 53.3 Å². The summed E-state index contributed by atoms with van der Waals surface area (Å²) >= 11 is 0. The predicted molar refractivity (Wildman–Crippen MR) is 81.0 cm³/mol. The van der Waals surface area contributed by atoms with E-state index in [1.165, 1.54) is 31.2 Å². The highest BCUT2D eigenvalue weighted by atomic mass is 16.1. The third-order valence-corrected chi connectivity index (χ3v) is 4.38. The Labute approximate surface area is 119 Å². The lowest BCUT2D eigenvalue weighted by Crippen LogP contribution is -2.01. The maximum atomic E-state index is 11.7. The van der Waals surface area contributed by atoms with E-state index in [4.69, 9.17) is 0 Å². The van der Waals surface area contributed by atoms with Crippen molar-refractivity contribution in [3.8, 4) is 11.1 Å². The molecule has 0 aliphatic heterocycles. The predicted octanol–water partition coefficient (Wildman–Crippen LogP) is 4.53. The first kappa shape index (κ1) is 13.0. The lowest BCUT2D eigenvalue weighted by atomic mass is 9.88. The third-order valence-electron chi connectivity index (χ3n) is 4.38. The normalized spacial score (nSPS) is 15.4. The largest absolute Gasteiger partial charge is 0.298 e. The van der Waals surface area contributed by atoms with Crippen molar-refractivity contribution < 1.29 is 4.79 Å². The molecule has 0 atom stereocenters. The number of aldehydes is 1. The summed E-state index contributed by atoms with van der Waals surface area (Å²) in [7, 11) is 0. The molecule has 0 N–H and O–H groups in total. The van der Waals surface area contributed by atoms with Crippen molar-refractivity contribution in [3.63, 3.8) is 0 Å². The molecule has 2 heteroatoms. The molecule has 1 aromatic carbocycles. The van der Waals surface area contributed by atoms with Gasteiger partial charge in [0.2, 0.25) is 0 Å². The fourth-order valence-corrected chi connectivity index (χ4v) is 3.29. The van der Waals surface area contributed by atoms with Crippen LogP contribution in [-0.2, 0) is 0 Å². The number of hydrogen-bond acceptors (Lipinski definition) is 2. The minimum absolute atomic E-state index is 0.548. The van der Waals surface area contributed by atoms with Gasteiger partial charge >= 0.3 is 0 Å². The average molecular weight is 265 g/mol. The molecule has 1 aromatic heterocycles. The molecule has 1 fully saturated rings. The van der Waals surface area contributed by atoms with Gasteiger partial charge in [-0.2, -0.15) is 0 Å². The molecule has 0 amide bonds. The molecule has 2 aromatic rings. The molecule has 0 radical (unpaired) electrons. The zero-order valence-electron chi connectivity index (χ0n) is 11.8. The van der Waals surface area contributed by atoms with Crippen LogP contribution >= 0.6 is 0 Å². The van der Waals surface area contributed by atoms with Gasteiger partial charge in [0.15, 0.2) is 6.29 Å². The molecular formula is C18H19NO. The molecule has 1 saturated carbocycles. The fraction of sp³-hybridized carbons (Fsp3) is 0.333. The molecule has 1 aliphatic rings. The Bertz CT molecular complexity index is 627. The Morgan fingerprint density at radius 1 is 1.15 bits per heavy atom. The van der Waals surface area contributed by atoms with Gasteiger partial charge in [0.25, 0.3) is 0 Å². The minimum atomic E-state index is 0.548. The van der Waals surface area contributed by atoms with E-state index in [2.05, 4.69) is 24.0 Å². The lowest BCUT2D eigenvalue weighted by molar-refractivity contribution is 0.112. The summed E-state index contributed by atoms with van der Waals surface area (Å²) in [6, 6.07) is 8.22. The first-order chi connectivity index (χ1) is 9.81. The summed E-state index contributed by atoms with van der Waals surface area (Å²) < 4.78 is 0. The van der Waals surface area contributed by atoms with E-state index in [-0.39, 0.29) is 0 Å². The average Bonchev–Trinajstić information content (AvgIpc) is 3.01. The summed E-state index contributed by atoms with van der Waals surface area (Å²) in [6.45, 7) is 2.06. The van der Waals surface area contributed by atoms with Crippen molar-refractivity contribution in [2.45, 2.75) is 38.5 Å². The second-order valence-electron chi connectivity index (χ2n) is 5.60. The van der Waals surface area contributed by atoms with E-state index in [1.807, 2.05) is 18.3 Å². The number of carbonyl (C=O) groups excluding carboxylic acids is 1. The van der Waals surface area contributed by atoms with E-state index < -0.39 is 0 Å². The van der Waals surface area contributed by atoms with Crippen LogP contribution in [0.2, 0.25) is 0 Å². The molecule has 1 aliphatic carbocycles. The topological polar surface area (TPSA) is 30.0 Å². The highest BCUT2D eigenvalue weighted by Gasteiger charge is 2.21. The Balaban J connectivity index is 2.14. The quantitative estimate of drug-likeness (QED) is 0.763. The Morgan fingerprint density at radius 2 is 1.95 bits per heavy atom. The van der Waals surface area contributed by atoms with Gasteiger partial charge in [0.05, 0.1) is 0 Å². The first-order valence-corrected chi connectivity index (χ1v) is 7.30. The van der Waals surface area contributed by atoms with Gasteiger partial charge in [-0.05, 0) is 48.4 Å². The first-order valence-electron chi connectivity index (χ1n) is 7.30. The number of benzene rings is 1. The summed E-state index contributed by atoms with van der Waals surface area (Å²) in [5.41, 5.74) is 5.32. The molecule has 102 valence electrons. The molecule has 0 unspecified atom stereocenters. The standard InChI is InChI=1S/C18H19NO/c1-13-9-10-19-11-17(13)16-8-4-7-15(18(16)12-20)14-5-2-3-6-14/h4,7-12,14H,2-3,5-6H2,1H3. The van der Waals surface area contributed by atoms with Crippen LogP contribution in [0.4, 0.5) is 0 Å². The van der Waals surface area contributed by atoms with E-state index in [9.17, 15) is 4.79 Å². The maximum Gasteiger partial charge on any atom is 0.150 e. The van der Waals surface area contributed by atoms with Crippen LogP contribution in [0.25, 0.3) is 11.1 Å². The molecule has 20 heavy (non-hydrogen) atoms. The molecule has 0 saturated heterocycles. The smallest absolute Gasteiger partial charge is 0.150 e. The van der Waals surface area contributed by atoms with Gasteiger partial charge in [-0.25, -0.2) is 0 Å². The van der Waals surface area contributed by atoms with Gasteiger partial charge in [-0.3, -0.25) is 9.78 Å². The van der Waals surface area contributed by atoms with Crippen molar-refractivity contribution >= 4 is 6.29 Å². The van der Waals surface area contributed by atoms with Gasteiger partial charge in [-0.1, -0.05) is 31.0 Å². The van der Waals surface area contributed by atoms with Gasteiger partial charge < -0.3 is 0 Å². The van der Waals surface area contributed by atoms with Crippen LogP contribution in [0.5, 0.6) is 0 Å². The minimum Gasteiger partial charge on any atom is -0.298 e. The lowest BCUT2D eigenvalue weighted by Gasteiger charge is -2.16. The van der Waals surface area contributed by atoms with Crippen molar-refractivity contribution in [2.24, 2.45) is 0 Å².